The Balaban J connectivity index is 1.94. The van der Waals surface area contributed by atoms with E-state index >= 15 is 0 Å². The Bertz CT molecular complexity index is 1020. The highest BCUT2D eigenvalue weighted by Gasteiger charge is 2.45. The van der Waals surface area contributed by atoms with Gasteiger partial charge in [0.1, 0.15) is 0 Å². The maximum atomic E-state index is 13.1. The summed E-state index contributed by atoms with van der Waals surface area (Å²) < 4.78 is 7.09. The van der Waals surface area contributed by atoms with Gasteiger partial charge in [-0.15, -0.1) is 0 Å². The molecule has 0 radical (unpaired) electrons. The minimum Gasteiger partial charge on any atom is -0.461 e. The Morgan fingerprint density at radius 1 is 1.20 bits per heavy atom. The number of amides is 2. The van der Waals surface area contributed by atoms with Crippen molar-refractivity contribution in [2.75, 3.05) is 11.5 Å². The van der Waals surface area contributed by atoms with Crippen LogP contribution in [0.25, 0.3) is 5.69 Å². The molecule has 8 nitrogen and oxygen atoms in total. The standard InChI is InChI=1S/C21H20BrN3O5/c1-2-30-21(29)17-16(11-26)18(25(23-17)15-5-3-4-14(22)10-15)24(19(27)12-6-7-12)20(28)13-8-9-13/h3-5,10-13H,2,6-9H2,1H3. The van der Waals surface area contributed by atoms with Gasteiger partial charge in [0.15, 0.2) is 17.8 Å². The minimum absolute atomic E-state index is 0.0000435. The van der Waals surface area contributed by atoms with Crippen LogP contribution < -0.4 is 4.90 Å². The second kappa shape index (κ2) is 8.14. The number of imide groups is 1. The van der Waals surface area contributed by atoms with Gasteiger partial charge in [-0.25, -0.2) is 14.4 Å². The number of carbonyl (C=O) groups excluding carboxylic acids is 4. The average Bonchev–Trinajstić information content (AvgIpc) is 3.64. The molecule has 2 saturated carbocycles. The lowest BCUT2D eigenvalue weighted by molar-refractivity contribution is -0.128. The van der Waals surface area contributed by atoms with Crippen molar-refractivity contribution in [3.8, 4) is 5.69 Å². The Kier molecular flexibility index (Phi) is 5.55. The Morgan fingerprint density at radius 2 is 1.83 bits per heavy atom. The number of hydrogen-bond acceptors (Lipinski definition) is 6. The molecule has 0 atom stereocenters. The van der Waals surface area contributed by atoms with E-state index in [4.69, 9.17) is 4.74 Å². The van der Waals surface area contributed by atoms with Gasteiger partial charge in [-0.1, -0.05) is 22.0 Å². The number of ether oxygens (including phenoxy) is 1. The monoisotopic (exact) mass is 473 g/mol. The molecule has 2 fully saturated rings. The van der Waals surface area contributed by atoms with Crippen LogP contribution >= 0.6 is 15.9 Å². The first-order valence-electron chi connectivity index (χ1n) is 9.85. The summed E-state index contributed by atoms with van der Waals surface area (Å²) in [6.45, 7) is 1.74. The predicted molar refractivity (Wildman–Crippen MR) is 111 cm³/mol. The number of rotatable bonds is 7. The highest BCUT2D eigenvalue weighted by molar-refractivity contribution is 9.10. The quantitative estimate of drug-likeness (QED) is 0.347. The maximum Gasteiger partial charge on any atom is 0.359 e. The minimum atomic E-state index is -0.785. The van der Waals surface area contributed by atoms with Gasteiger partial charge in [0, 0.05) is 16.3 Å². The Hall–Kier alpha value is -2.81. The lowest BCUT2D eigenvalue weighted by atomic mass is 10.2. The Morgan fingerprint density at radius 3 is 2.33 bits per heavy atom. The van der Waals surface area contributed by atoms with Gasteiger partial charge >= 0.3 is 5.97 Å². The first-order valence-corrected chi connectivity index (χ1v) is 10.6. The third-order valence-corrected chi connectivity index (χ3v) is 5.54. The molecular formula is C21H20BrN3O5. The van der Waals surface area contributed by atoms with E-state index in [2.05, 4.69) is 21.0 Å². The molecule has 0 bridgehead atoms. The number of carbonyl (C=O) groups is 4. The number of benzene rings is 1. The van der Waals surface area contributed by atoms with Crippen LogP contribution in [0.5, 0.6) is 0 Å². The van der Waals surface area contributed by atoms with Crippen LogP contribution in [0.1, 0.15) is 53.5 Å². The van der Waals surface area contributed by atoms with Crippen molar-refractivity contribution in [2.45, 2.75) is 32.6 Å². The number of anilines is 1. The van der Waals surface area contributed by atoms with E-state index in [9.17, 15) is 19.2 Å². The number of aromatic nitrogens is 2. The normalized spacial score (nSPS) is 15.5. The maximum absolute atomic E-state index is 13.1. The van der Waals surface area contributed by atoms with Crippen LogP contribution in [0.2, 0.25) is 0 Å². The summed E-state index contributed by atoms with van der Waals surface area (Å²) in [7, 11) is 0. The molecule has 0 saturated heterocycles. The van der Waals surface area contributed by atoms with Crippen molar-refractivity contribution in [1.29, 1.82) is 0 Å². The molecule has 1 heterocycles. The largest absolute Gasteiger partial charge is 0.461 e. The van der Waals surface area contributed by atoms with Gasteiger partial charge in [-0.3, -0.25) is 14.4 Å². The molecule has 2 aromatic rings. The summed E-state index contributed by atoms with van der Waals surface area (Å²) in [5, 5.41) is 4.30. The molecule has 0 aliphatic heterocycles. The van der Waals surface area contributed by atoms with Crippen LogP contribution in [0.4, 0.5) is 5.82 Å². The van der Waals surface area contributed by atoms with E-state index < -0.39 is 5.97 Å². The summed E-state index contributed by atoms with van der Waals surface area (Å²) in [6, 6.07) is 7.00. The van der Waals surface area contributed by atoms with E-state index in [-0.39, 0.29) is 47.3 Å². The van der Waals surface area contributed by atoms with Gasteiger partial charge in [0.25, 0.3) is 0 Å². The van der Waals surface area contributed by atoms with E-state index in [1.165, 1.54) is 4.68 Å². The third kappa shape index (κ3) is 3.81. The van der Waals surface area contributed by atoms with Crippen molar-refractivity contribution in [2.24, 2.45) is 11.8 Å². The van der Waals surface area contributed by atoms with Crippen LogP contribution in [0.15, 0.2) is 28.7 Å². The molecule has 30 heavy (non-hydrogen) atoms. The molecule has 0 N–H and O–H groups in total. The number of esters is 1. The molecule has 2 amide bonds. The third-order valence-electron chi connectivity index (χ3n) is 5.04. The van der Waals surface area contributed by atoms with Crippen molar-refractivity contribution in [1.82, 2.24) is 9.78 Å². The molecule has 2 aliphatic carbocycles. The van der Waals surface area contributed by atoms with Crippen molar-refractivity contribution in [3.63, 3.8) is 0 Å². The van der Waals surface area contributed by atoms with E-state index in [0.717, 1.165) is 9.37 Å². The Labute approximate surface area is 181 Å². The molecule has 9 heteroatoms. The predicted octanol–water partition coefficient (Wildman–Crippen LogP) is 3.30. The number of nitrogens with zero attached hydrogens (tertiary/aromatic N) is 3. The second-order valence-electron chi connectivity index (χ2n) is 7.38. The van der Waals surface area contributed by atoms with Gasteiger partial charge in [0.2, 0.25) is 11.8 Å². The zero-order valence-corrected chi connectivity index (χ0v) is 17.9. The summed E-state index contributed by atoms with van der Waals surface area (Å²) >= 11 is 3.39. The topological polar surface area (TPSA) is 98.6 Å². The van der Waals surface area contributed by atoms with Gasteiger partial charge in [-0.2, -0.15) is 5.10 Å². The van der Waals surface area contributed by atoms with Crippen LogP contribution in [0.3, 0.4) is 0 Å². The highest BCUT2D eigenvalue weighted by Crippen LogP contribution is 2.39. The van der Waals surface area contributed by atoms with Crippen LogP contribution in [0, 0.1) is 11.8 Å². The zero-order valence-electron chi connectivity index (χ0n) is 16.3. The van der Waals surface area contributed by atoms with Crippen molar-refractivity contribution >= 4 is 45.8 Å². The molecule has 1 aromatic heterocycles. The summed E-state index contributed by atoms with van der Waals surface area (Å²) in [5.74, 6) is -2.02. The molecule has 0 unspecified atom stereocenters. The molecule has 156 valence electrons. The highest BCUT2D eigenvalue weighted by atomic mass is 79.9. The van der Waals surface area contributed by atoms with Crippen LogP contribution in [-0.4, -0.2) is 40.5 Å². The van der Waals surface area contributed by atoms with Crippen molar-refractivity contribution in [3.05, 3.63) is 40.0 Å². The van der Waals surface area contributed by atoms with Crippen molar-refractivity contribution < 1.29 is 23.9 Å². The van der Waals surface area contributed by atoms with E-state index in [1.54, 1.807) is 25.1 Å². The molecular weight excluding hydrogens is 454 g/mol. The average molecular weight is 474 g/mol. The van der Waals surface area contributed by atoms with E-state index in [1.807, 2.05) is 6.07 Å². The summed E-state index contributed by atoms with van der Waals surface area (Å²) in [4.78, 5) is 51.9. The second-order valence-corrected chi connectivity index (χ2v) is 8.29. The lowest BCUT2D eigenvalue weighted by Gasteiger charge is -2.22. The molecule has 4 rings (SSSR count). The van der Waals surface area contributed by atoms with Gasteiger partial charge in [-0.05, 0) is 50.8 Å². The lowest BCUT2D eigenvalue weighted by Crippen LogP contribution is -2.41. The molecule has 1 aromatic carbocycles. The molecule has 0 spiro atoms. The summed E-state index contributed by atoms with van der Waals surface area (Å²) in [6.07, 6.45) is 3.23. The SMILES string of the molecule is CCOC(=O)c1nn(-c2cccc(Br)c2)c(N(C(=O)C2CC2)C(=O)C2CC2)c1C=O. The number of halogens is 1. The van der Waals surface area contributed by atoms with E-state index in [0.29, 0.717) is 37.7 Å². The zero-order chi connectivity index (χ0) is 21.4. The fourth-order valence-corrected chi connectivity index (χ4v) is 3.61. The fraction of sp³-hybridized carbons (Fsp3) is 0.381. The fourth-order valence-electron chi connectivity index (χ4n) is 3.23. The van der Waals surface area contributed by atoms with Crippen LogP contribution in [-0.2, 0) is 14.3 Å². The first kappa shape index (κ1) is 20.5. The molecule has 2 aliphatic rings. The summed E-state index contributed by atoms with van der Waals surface area (Å²) in [5.41, 5.74) is 0.144. The smallest absolute Gasteiger partial charge is 0.359 e. The van der Waals surface area contributed by atoms with Gasteiger partial charge in [0.05, 0.1) is 17.9 Å². The number of aldehydes is 1. The van der Waals surface area contributed by atoms with Gasteiger partial charge < -0.3 is 4.74 Å². The first-order chi connectivity index (χ1) is 14.5. The number of hydrogen-bond donors (Lipinski definition) is 0.